The maximum atomic E-state index is 12.9. The molecule has 7 heteroatoms. The first-order valence-corrected chi connectivity index (χ1v) is 8.72. The largest absolute Gasteiger partial charge is 0.457 e. The molecule has 0 unspecified atom stereocenters. The van der Waals surface area contributed by atoms with Crippen LogP contribution >= 0.6 is 0 Å². The highest BCUT2D eigenvalue weighted by molar-refractivity contribution is 7.88. The van der Waals surface area contributed by atoms with Gasteiger partial charge in [-0.3, -0.25) is 0 Å². The van der Waals surface area contributed by atoms with Crippen molar-refractivity contribution in [2.24, 2.45) is 0 Å². The topological polar surface area (TPSA) is 55.8 Å². The molecular formula is C16H16FNO4S. The Labute approximate surface area is 134 Å². The lowest BCUT2D eigenvalue weighted by Crippen LogP contribution is -2.40. The van der Waals surface area contributed by atoms with Crippen LogP contribution in [0, 0.1) is 5.82 Å². The Bertz CT molecular complexity index is 777. The molecule has 0 spiro atoms. The molecule has 0 aromatic heterocycles. The van der Waals surface area contributed by atoms with Crippen LogP contribution in [0.5, 0.6) is 11.5 Å². The average Bonchev–Trinajstić information content (AvgIpc) is 2.52. The monoisotopic (exact) mass is 337 g/mol. The molecule has 122 valence electrons. The molecule has 1 fully saturated rings. The summed E-state index contributed by atoms with van der Waals surface area (Å²) in [6, 6.07) is 12.9. The number of rotatable bonds is 4. The van der Waals surface area contributed by atoms with Gasteiger partial charge in [0.1, 0.15) is 17.3 Å². The minimum Gasteiger partial charge on any atom is -0.457 e. The summed E-state index contributed by atoms with van der Waals surface area (Å²) >= 11 is 0. The second kappa shape index (κ2) is 6.66. The zero-order chi connectivity index (χ0) is 16.3. The van der Waals surface area contributed by atoms with Gasteiger partial charge in [-0.1, -0.05) is 12.1 Å². The van der Waals surface area contributed by atoms with Gasteiger partial charge in [0.2, 0.25) is 10.0 Å². The molecule has 2 aromatic rings. The summed E-state index contributed by atoms with van der Waals surface area (Å²) in [5.74, 6) is 0.476. The van der Waals surface area contributed by atoms with Crippen molar-refractivity contribution in [2.75, 3.05) is 19.1 Å². The summed E-state index contributed by atoms with van der Waals surface area (Å²) in [5, 5.41) is 0. The third-order valence-corrected chi connectivity index (χ3v) is 4.98. The first-order valence-electron chi connectivity index (χ1n) is 7.11. The molecule has 0 radical (unpaired) electrons. The second-order valence-corrected chi connectivity index (χ2v) is 7.09. The van der Waals surface area contributed by atoms with Crippen molar-refractivity contribution in [2.45, 2.75) is 6.54 Å². The van der Waals surface area contributed by atoms with Gasteiger partial charge in [0.25, 0.3) is 0 Å². The van der Waals surface area contributed by atoms with Gasteiger partial charge in [0, 0.05) is 13.1 Å². The van der Waals surface area contributed by atoms with E-state index in [1.54, 1.807) is 18.2 Å². The van der Waals surface area contributed by atoms with E-state index in [0.717, 1.165) is 5.56 Å². The maximum absolute atomic E-state index is 12.9. The molecule has 0 amide bonds. The molecule has 0 N–H and O–H groups in total. The van der Waals surface area contributed by atoms with Crippen molar-refractivity contribution in [1.82, 2.24) is 4.31 Å². The molecule has 0 saturated carbocycles. The zero-order valence-electron chi connectivity index (χ0n) is 12.3. The van der Waals surface area contributed by atoms with E-state index in [-0.39, 0.29) is 18.3 Å². The first kappa shape index (κ1) is 15.9. The van der Waals surface area contributed by atoms with Gasteiger partial charge in [-0.05, 0) is 42.0 Å². The Morgan fingerprint density at radius 2 is 1.91 bits per heavy atom. The predicted octanol–water partition coefficient (Wildman–Crippen LogP) is 2.74. The molecule has 3 rings (SSSR count). The van der Waals surface area contributed by atoms with Gasteiger partial charge >= 0.3 is 0 Å². The number of hydrogen-bond acceptors (Lipinski definition) is 4. The Morgan fingerprint density at radius 1 is 1.13 bits per heavy atom. The number of sulfonamides is 1. The second-order valence-electron chi connectivity index (χ2n) is 5.17. The summed E-state index contributed by atoms with van der Waals surface area (Å²) in [4.78, 5) is 0. The van der Waals surface area contributed by atoms with Crippen molar-refractivity contribution in [3.8, 4) is 11.5 Å². The SMILES string of the molecule is O=S1(=O)COCCN1Cc1cccc(Oc2ccc(F)cc2)c1. The smallest absolute Gasteiger partial charge is 0.238 e. The number of hydrogen-bond donors (Lipinski definition) is 0. The van der Waals surface area contributed by atoms with Crippen molar-refractivity contribution < 1.29 is 22.3 Å². The molecule has 0 bridgehead atoms. The van der Waals surface area contributed by atoms with Crippen molar-refractivity contribution in [3.63, 3.8) is 0 Å². The van der Waals surface area contributed by atoms with E-state index in [9.17, 15) is 12.8 Å². The van der Waals surface area contributed by atoms with Crippen LogP contribution in [0.2, 0.25) is 0 Å². The molecule has 1 saturated heterocycles. The summed E-state index contributed by atoms with van der Waals surface area (Å²) in [5.41, 5.74) is 0.815. The van der Waals surface area contributed by atoms with Crippen LogP contribution in [0.3, 0.4) is 0 Å². The lowest BCUT2D eigenvalue weighted by molar-refractivity contribution is 0.130. The number of ether oxygens (including phenoxy) is 2. The van der Waals surface area contributed by atoms with Gasteiger partial charge in [-0.25, -0.2) is 12.8 Å². The Hall–Kier alpha value is -1.96. The Balaban J connectivity index is 1.73. The van der Waals surface area contributed by atoms with Gasteiger partial charge in [-0.15, -0.1) is 0 Å². The summed E-state index contributed by atoms with van der Waals surface area (Å²) in [6.45, 7) is 1.00. The molecule has 1 heterocycles. The highest BCUT2D eigenvalue weighted by atomic mass is 32.2. The Morgan fingerprint density at radius 3 is 2.65 bits per heavy atom. The fourth-order valence-electron chi connectivity index (χ4n) is 2.27. The number of nitrogens with zero attached hydrogens (tertiary/aromatic N) is 1. The quantitative estimate of drug-likeness (QED) is 0.861. The van der Waals surface area contributed by atoms with E-state index in [0.29, 0.717) is 24.7 Å². The van der Waals surface area contributed by atoms with E-state index in [1.165, 1.54) is 28.6 Å². The normalized spacial score (nSPS) is 17.8. The van der Waals surface area contributed by atoms with Crippen LogP contribution in [0.4, 0.5) is 4.39 Å². The summed E-state index contributed by atoms with van der Waals surface area (Å²) in [6.07, 6.45) is 0. The van der Waals surface area contributed by atoms with E-state index in [1.807, 2.05) is 6.07 Å². The standard InChI is InChI=1S/C16H16FNO4S/c17-14-4-6-15(7-5-14)22-16-3-1-2-13(10-16)11-18-8-9-21-12-23(18,19)20/h1-7,10H,8-9,11-12H2. The number of benzene rings is 2. The van der Waals surface area contributed by atoms with Crippen LogP contribution < -0.4 is 4.74 Å². The molecule has 23 heavy (non-hydrogen) atoms. The van der Waals surface area contributed by atoms with Crippen molar-refractivity contribution in [1.29, 1.82) is 0 Å². The van der Waals surface area contributed by atoms with Crippen LogP contribution in [0.25, 0.3) is 0 Å². The van der Waals surface area contributed by atoms with Crippen LogP contribution in [-0.2, 0) is 21.3 Å². The van der Waals surface area contributed by atoms with Crippen molar-refractivity contribution >= 4 is 10.0 Å². The average molecular weight is 337 g/mol. The van der Waals surface area contributed by atoms with E-state index in [2.05, 4.69) is 0 Å². The minimum atomic E-state index is -3.37. The first-order chi connectivity index (χ1) is 11.0. The fourth-order valence-corrected chi connectivity index (χ4v) is 3.45. The predicted molar refractivity (Wildman–Crippen MR) is 83.1 cm³/mol. The van der Waals surface area contributed by atoms with Crippen LogP contribution in [-0.4, -0.2) is 31.8 Å². The third kappa shape index (κ3) is 4.07. The maximum Gasteiger partial charge on any atom is 0.238 e. The molecule has 1 aliphatic heterocycles. The molecule has 5 nitrogen and oxygen atoms in total. The Kier molecular flexibility index (Phi) is 4.61. The van der Waals surface area contributed by atoms with Gasteiger partial charge in [0.15, 0.2) is 5.94 Å². The van der Waals surface area contributed by atoms with Gasteiger partial charge in [0.05, 0.1) is 6.61 Å². The highest BCUT2D eigenvalue weighted by Crippen LogP contribution is 2.23. The third-order valence-electron chi connectivity index (χ3n) is 3.42. The lowest BCUT2D eigenvalue weighted by Gasteiger charge is -2.26. The zero-order valence-corrected chi connectivity index (χ0v) is 13.1. The molecule has 1 aliphatic rings. The van der Waals surface area contributed by atoms with Gasteiger partial charge < -0.3 is 9.47 Å². The van der Waals surface area contributed by atoms with Crippen molar-refractivity contribution in [3.05, 3.63) is 59.9 Å². The van der Waals surface area contributed by atoms with Crippen LogP contribution in [0.15, 0.2) is 48.5 Å². The fraction of sp³-hybridized carbons (Fsp3) is 0.250. The summed E-state index contributed by atoms with van der Waals surface area (Å²) < 4.78 is 48.8. The highest BCUT2D eigenvalue weighted by Gasteiger charge is 2.26. The van der Waals surface area contributed by atoms with E-state index in [4.69, 9.17) is 9.47 Å². The lowest BCUT2D eigenvalue weighted by atomic mass is 10.2. The molecule has 0 atom stereocenters. The molecular weight excluding hydrogens is 321 g/mol. The van der Waals surface area contributed by atoms with Crippen LogP contribution in [0.1, 0.15) is 5.56 Å². The molecule has 0 aliphatic carbocycles. The van der Waals surface area contributed by atoms with E-state index < -0.39 is 10.0 Å². The molecule has 2 aromatic carbocycles. The summed E-state index contributed by atoms with van der Waals surface area (Å²) in [7, 11) is -3.37. The minimum absolute atomic E-state index is 0.270. The van der Waals surface area contributed by atoms with E-state index >= 15 is 0 Å². The van der Waals surface area contributed by atoms with Gasteiger partial charge in [-0.2, -0.15) is 4.31 Å². The number of halogens is 1.